The minimum Gasteiger partial charge on any atom is -0.452 e. The molecule has 4 aromatic heterocycles. The van der Waals surface area contributed by atoms with Gasteiger partial charge in [-0.1, -0.05) is 46.4 Å². The third-order valence-corrected chi connectivity index (χ3v) is 9.81. The van der Waals surface area contributed by atoms with Gasteiger partial charge in [0.25, 0.3) is 23.2 Å². The molecular weight excluding hydrogens is 918 g/mol. The van der Waals surface area contributed by atoms with Gasteiger partial charge >= 0.3 is 13.2 Å². The highest BCUT2D eigenvalue weighted by Crippen LogP contribution is 2.42. The zero-order chi connectivity index (χ0) is 44.6. The van der Waals surface area contributed by atoms with E-state index in [1.807, 2.05) is 0 Å². The van der Waals surface area contributed by atoms with E-state index < -0.39 is 34.9 Å². The van der Waals surface area contributed by atoms with Gasteiger partial charge in [-0.05, 0) is 36.4 Å². The first-order valence-corrected chi connectivity index (χ1v) is 18.4. The van der Waals surface area contributed by atoms with E-state index in [9.17, 15) is 47.4 Å². The number of rotatable bonds is 10. The summed E-state index contributed by atoms with van der Waals surface area (Å²) >= 11 is 24.1. The standard InChI is InChI=1S/2C19H9Cl2F2N3O5/c2*20-11-6-24-7-12(21)16(11)25-18(27)9-2-4-14(31-19(22)23)17-15(9)10-5-8(26(28)29)1-3-13(10)30-17/h2*1-7,19H,(H,24,25,27). The fourth-order valence-corrected chi connectivity index (χ4v) is 7.01. The van der Waals surface area contributed by atoms with Gasteiger partial charge in [0.1, 0.15) is 11.2 Å². The van der Waals surface area contributed by atoms with Crippen LogP contribution in [0.4, 0.5) is 40.3 Å². The molecule has 316 valence electrons. The first-order valence-electron chi connectivity index (χ1n) is 16.9. The van der Waals surface area contributed by atoms with E-state index in [0.717, 1.165) is 12.1 Å². The highest BCUT2D eigenvalue weighted by atomic mass is 35.5. The summed E-state index contributed by atoms with van der Waals surface area (Å²) in [5.74, 6) is -2.09. The van der Waals surface area contributed by atoms with Crippen molar-refractivity contribution in [1.82, 2.24) is 9.97 Å². The molecule has 24 heteroatoms. The molecule has 0 saturated carbocycles. The molecule has 8 rings (SSSR count). The zero-order valence-corrected chi connectivity index (χ0v) is 33.2. The van der Waals surface area contributed by atoms with Crippen LogP contribution >= 0.6 is 46.4 Å². The maximum absolute atomic E-state index is 13.0. The van der Waals surface area contributed by atoms with Crippen LogP contribution in [0.2, 0.25) is 20.1 Å². The molecular formula is C38H18Cl4F4N6O10. The van der Waals surface area contributed by atoms with Gasteiger partial charge in [-0.2, -0.15) is 17.6 Å². The van der Waals surface area contributed by atoms with Crippen LogP contribution in [0.15, 0.2) is 94.3 Å². The third kappa shape index (κ3) is 8.61. The molecule has 0 saturated heterocycles. The molecule has 0 bridgehead atoms. The quantitative estimate of drug-likeness (QED) is 0.0744. The van der Waals surface area contributed by atoms with Gasteiger partial charge in [0.15, 0.2) is 22.7 Å². The van der Waals surface area contributed by atoms with Gasteiger partial charge in [0.05, 0.1) is 52.4 Å². The highest BCUT2D eigenvalue weighted by Gasteiger charge is 2.26. The Morgan fingerprint density at radius 3 is 1.27 bits per heavy atom. The maximum Gasteiger partial charge on any atom is 0.387 e. The lowest BCUT2D eigenvalue weighted by molar-refractivity contribution is -0.384. The number of carbonyl (C=O) groups is 2. The minimum absolute atomic E-state index is 0.0280. The van der Waals surface area contributed by atoms with E-state index in [2.05, 4.69) is 30.1 Å². The monoisotopic (exact) mass is 934 g/mol. The number of nitro groups is 2. The normalized spacial score (nSPS) is 11.3. The zero-order valence-electron chi connectivity index (χ0n) is 30.1. The Bertz CT molecular complexity index is 2890. The number of benzene rings is 4. The number of nitrogens with zero attached hydrogens (tertiary/aromatic N) is 4. The summed E-state index contributed by atoms with van der Waals surface area (Å²) in [5.41, 5.74) is -0.500. The highest BCUT2D eigenvalue weighted by molar-refractivity contribution is 6.41. The van der Waals surface area contributed by atoms with Crippen LogP contribution in [0, 0.1) is 20.2 Å². The van der Waals surface area contributed by atoms with E-state index in [1.54, 1.807) is 0 Å². The number of nitrogens with one attached hydrogen (secondary N) is 2. The van der Waals surface area contributed by atoms with Gasteiger partial charge in [0.2, 0.25) is 0 Å². The maximum atomic E-state index is 13.0. The molecule has 62 heavy (non-hydrogen) atoms. The lowest BCUT2D eigenvalue weighted by atomic mass is 10.0. The molecule has 0 aliphatic rings. The van der Waals surface area contributed by atoms with Gasteiger partial charge < -0.3 is 28.9 Å². The molecule has 0 unspecified atom stereocenters. The predicted molar refractivity (Wildman–Crippen MR) is 218 cm³/mol. The number of hydrogen-bond acceptors (Lipinski definition) is 12. The summed E-state index contributed by atoms with van der Waals surface area (Å²) in [6.45, 7) is -6.31. The number of furan rings is 2. The number of carbonyl (C=O) groups excluding carboxylic acids is 2. The van der Waals surface area contributed by atoms with Gasteiger partial charge in [-0.25, -0.2) is 0 Å². The first kappa shape index (κ1) is 43.1. The topological polar surface area (TPSA) is 215 Å². The Morgan fingerprint density at radius 2 is 0.952 bits per heavy atom. The average Bonchev–Trinajstić information content (AvgIpc) is 3.80. The second-order valence-corrected chi connectivity index (χ2v) is 14.0. The smallest absolute Gasteiger partial charge is 0.387 e. The van der Waals surface area contributed by atoms with E-state index in [4.69, 9.17) is 55.2 Å². The van der Waals surface area contributed by atoms with E-state index >= 15 is 0 Å². The molecule has 4 aromatic carbocycles. The predicted octanol–water partition coefficient (Wildman–Crippen LogP) is 12.1. The second-order valence-electron chi connectivity index (χ2n) is 12.3. The molecule has 2 amide bonds. The van der Waals surface area contributed by atoms with Crippen molar-refractivity contribution >= 4 is 125 Å². The Balaban J connectivity index is 0.000000186. The summed E-state index contributed by atoms with van der Waals surface area (Å²) in [4.78, 5) is 54.7. The van der Waals surface area contributed by atoms with Crippen LogP contribution in [0.3, 0.4) is 0 Å². The molecule has 0 radical (unpaired) electrons. The average molecular weight is 936 g/mol. The number of anilines is 2. The third-order valence-electron chi connectivity index (χ3n) is 8.66. The minimum atomic E-state index is -3.15. The Morgan fingerprint density at radius 1 is 0.597 bits per heavy atom. The van der Waals surface area contributed by atoms with E-state index in [1.165, 1.54) is 73.3 Å². The van der Waals surface area contributed by atoms with Crippen molar-refractivity contribution in [2.75, 3.05) is 10.6 Å². The lowest BCUT2D eigenvalue weighted by Crippen LogP contribution is -2.13. The van der Waals surface area contributed by atoms with Crippen LogP contribution in [-0.2, 0) is 0 Å². The number of alkyl halides is 4. The number of nitro benzene ring substituents is 2. The van der Waals surface area contributed by atoms with Gasteiger partial charge in [-0.15, -0.1) is 0 Å². The fourth-order valence-electron chi connectivity index (χ4n) is 6.10. The number of pyridine rings is 2. The van der Waals surface area contributed by atoms with Crippen molar-refractivity contribution < 1.29 is 55.3 Å². The van der Waals surface area contributed by atoms with Crippen molar-refractivity contribution in [1.29, 1.82) is 0 Å². The lowest BCUT2D eigenvalue weighted by Gasteiger charge is -2.11. The van der Waals surface area contributed by atoms with E-state index in [0.29, 0.717) is 0 Å². The number of non-ortho nitro benzene ring substituents is 2. The molecule has 8 aromatic rings. The van der Waals surface area contributed by atoms with Crippen molar-refractivity contribution in [3.8, 4) is 11.5 Å². The van der Waals surface area contributed by atoms with Crippen LogP contribution < -0.4 is 20.1 Å². The number of aromatic nitrogens is 2. The van der Waals surface area contributed by atoms with E-state index in [-0.39, 0.29) is 109 Å². The van der Waals surface area contributed by atoms with Crippen LogP contribution in [-0.4, -0.2) is 44.9 Å². The molecule has 4 heterocycles. The summed E-state index contributed by atoms with van der Waals surface area (Å²) < 4.78 is 71.5. The molecule has 0 aliphatic heterocycles. The second kappa shape index (κ2) is 17.5. The van der Waals surface area contributed by atoms with Crippen molar-refractivity contribution in [2.24, 2.45) is 0 Å². The molecule has 16 nitrogen and oxygen atoms in total. The summed E-state index contributed by atoms with van der Waals surface area (Å²) in [6, 6.07) is 12.1. The Hall–Kier alpha value is -7.00. The first-order chi connectivity index (χ1) is 29.5. The number of fused-ring (bicyclic) bond motifs is 6. The SMILES string of the molecule is O=C(Nc1c(Cl)cncc1Cl)c1ccc(OC(F)F)c2oc3ccc([N+](=O)[O-])cc3c12.O=C(Nc1c(Cl)cncc1Cl)c1ccc(OC(F)F)c2oc3ccc([N+](=O)[O-])cc3c12. The Labute approximate surface area is 361 Å². The van der Waals surface area contributed by atoms with Crippen LogP contribution in [0.25, 0.3) is 43.9 Å². The van der Waals surface area contributed by atoms with Crippen LogP contribution in [0.1, 0.15) is 20.7 Å². The molecule has 0 atom stereocenters. The summed E-state index contributed by atoms with van der Waals surface area (Å²) in [7, 11) is 0. The number of hydrogen-bond donors (Lipinski definition) is 2. The molecule has 2 N–H and O–H groups in total. The molecule has 0 spiro atoms. The summed E-state index contributed by atoms with van der Waals surface area (Å²) in [5, 5.41) is 28.2. The van der Waals surface area contributed by atoms with Crippen molar-refractivity contribution in [3.63, 3.8) is 0 Å². The number of amides is 2. The van der Waals surface area contributed by atoms with Gasteiger partial charge in [-0.3, -0.25) is 39.8 Å². The molecule has 0 fully saturated rings. The summed E-state index contributed by atoms with van der Waals surface area (Å²) in [6.07, 6.45) is 5.09. The molecule has 0 aliphatic carbocycles. The fraction of sp³-hybridized carbons (Fsp3) is 0.0526. The van der Waals surface area contributed by atoms with Gasteiger partial charge in [0, 0.05) is 70.6 Å². The Kier molecular flexibility index (Phi) is 12.2. The van der Waals surface area contributed by atoms with Crippen molar-refractivity contribution in [3.05, 3.63) is 137 Å². The number of halogens is 8. The largest absolute Gasteiger partial charge is 0.452 e. The van der Waals surface area contributed by atoms with Crippen molar-refractivity contribution in [2.45, 2.75) is 13.2 Å². The number of ether oxygens (including phenoxy) is 2. The van der Waals surface area contributed by atoms with Crippen LogP contribution in [0.5, 0.6) is 11.5 Å².